The summed E-state index contributed by atoms with van der Waals surface area (Å²) >= 11 is 12.4. The monoisotopic (exact) mass is 471 g/mol. The average molecular weight is 472 g/mol. The Morgan fingerprint density at radius 2 is 1.87 bits per heavy atom. The second-order valence-electron chi connectivity index (χ2n) is 7.35. The highest BCUT2D eigenvalue weighted by Gasteiger charge is 2.51. The van der Waals surface area contributed by atoms with Gasteiger partial charge in [-0.3, -0.25) is 8.98 Å². The van der Waals surface area contributed by atoms with Crippen LogP contribution in [-0.4, -0.2) is 52.3 Å². The van der Waals surface area contributed by atoms with E-state index in [1.807, 2.05) is 24.3 Å². The number of nitrogens with zero attached hydrogens (tertiary/aromatic N) is 1. The summed E-state index contributed by atoms with van der Waals surface area (Å²) in [6.07, 6.45) is 1.28. The minimum Gasteiger partial charge on any atom is -0.302 e. The molecule has 0 amide bonds. The van der Waals surface area contributed by atoms with Crippen molar-refractivity contribution in [2.24, 2.45) is 5.92 Å². The zero-order valence-corrected chi connectivity index (χ0v) is 19.0. The summed E-state index contributed by atoms with van der Waals surface area (Å²) in [7, 11) is -2.08. The fourth-order valence-corrected chi connectivity index (χ4v) is 4.70. The van der Waals surface area contributed by atoms with Crippen molar-refractivity contribution in [1.82, 2.24) is 5.06 Å². The molecule has 1 aliphatic heterocycles. The van der Waals surface area contributed by atoms with Crippen molar-refractivity contribution >= 4 is 39.1 Å². The van der Waals surface area contributed by atoms with E-state index in [0.29, 0.717) is 28.7 Å². The number of rotatable bonds is 8. The first-order valence-electron chi connectivity index (χ1n) is 9.34. The van der Waals surface area contributed by atoms with E-state index in [-0.39, 0.29) is 18.8 Å². The van der Waals surface area contributed by atoms with Gasteiger partial charge in [0, 0.05) is 30.0 Å². The van der Waals surface area contributed by atoms with Crippen molar-refractivity contribution in [2.75, 3.05) is 33.1 Å². The lowest BCUT2D eigenvalue weighted by Gasteiger charge is -2.34. The first-order chi connectivity index (χ1) is 14.2. The van der Waals surface area contributed by atoms with Crippen LogP contribution in [-0.2, 0) is 24.6 Å². The van der Waals surface area contributed by atoms with E-state index in [9.17, 15) is 13.2 Å². The lowest BCUT2D eigenvalue weighted by molar-refractivity contribution is -0.117. The number of halogens is 2. The molecule has 3 rings (SSSR count). The molecule has 2 unspecified atom stereocenters. The maximum absolute atomic E-state index is 13.5. The molecule has 1 saturated heterocycles. The number of carbonyl (C=O) groups excluding carboxylic acids is 1. The molecule has 162 valence electrons. The Balaban J connectivity index is 2.08. The molecule has 0 radical (unpaired) electrons. The molecule has 2 aromatic rings. The Kier molecular flexibility index (Phi) is 7.22. The Morgan fingerprint density at radius 3 is 2.47 bits per heavy atom. The number of hydroxylamine groups is 2. The zero-order valence-electron chi connectivity index (χ0n) is 16.7. The maximum Gasteiger partial charge on any atom is 0.264 e. The molecule has 1 fully saturated rings. The third-order valence-electron chi connectivity index (χ3n) is 5.48. The zero-order chi connectivity index (χ0) is 21.9. The van der Waals surface area contributed by atoms with Gasteiger partial charge in [0.15, 0.2) is 5.78 Å². The summed E-state index contributed by atoms with van der Waals surface area (Å²) in [6, 6.07) is 14.2. The summed E-state index contributed by atoms with van der Waals surface area (Å²) in [4.78, 5) is 19.0. The molecular formula is C21H23Cl2NO5S. The van der Waals surface area contributed by atoms with Gasteiger partial charge in [-0.05, 0) is 24.1 Å². The average Bonchev–Trinajstić information content (AvgIpc) is 3.09. The van der Waals surface area contributed by atoms with Crippen molar-refractivity contribution in [2.45, 2.75) is 11.8 Å². The highest BCUT2D eigenvalue weighted by Crippen LogP contribution is 2.45. The van der Waals surface area contributed by atoms with Gasteiger partial charge >= 0.3 is 0 Å². The normalized spacial score (nSPS) is 22.3. The van der Waals surface area contributed by atoms with Gasteiger partial charge in [0.2, 0.25) is 0 Å². The maximum atomic E-state index is 13.5. The highest BCUT2D eigenvalue weighted by molar-refractivity contribution is 7.85. The molecule has 6 nitrogen and oxygen atoms in total. The molecule has 0 N–H and O–H groups in total. The summed E-state index contributed by atoms with van der Waals surface area (Å²) in [6.45, 7) is 0.649. The summed E-state index contributed by atoms with van der Waals surface area (Å²) in [5.74, 6) is -0.555. The second kappa shape index (κ2) is 9.34. The summed E-state index contributed by atoms with van der Waals surface area (Å²) < 4.78 is 28.1. The van der Waals surface area contributed by atoms with Crippen molar-refractivity contribution < 1.29 is 22.2 Å². The molecule has 2 atom stereocenters. The molecule has 0 spiro atoms. The largest absolute Gasteiger partial charge is 0.302 e. The van der Waals surface area contributed by atoms with Crippen molar-refractivity contribution in [3.05, 3.63) is 69.7 Å². The van der Waals surface area contributed by atoms with Crippen LogP contribution in [0, 0.1) is 5.92 Å². The standard InChI is InChI=1S/C21H23Cl2NO5S/c1-28-24-13-17(20(25)15-6-4-3-5-7-15)21(14-24,10-11-29-30(2,26)27)16-8-9-18(22)19(23)12-16/h3-9,12,17H,10-11,13-14H2,1-2H3. The first-order valence-corrected chi connectivity index (χ1v) is 11.9. The van der Waals surface area contributed by atoms with Crippen LogP contribution in [0.3, 0.4) is 0 Å². The number of carbonyl (C=O) groups is 1. The van der Waals surface area contributed by atoms with E-state index in [4.69, 9.17) is 32.2 Å². The minimum absolute atomic E-state index is 0.0550. The Hall–Kier alpha value is -1.48. The van der Waals surface area contributed by atoms with Gasteiger partial charge in [0.05, 0.1) is 30.0 Å². The van der Waals surface area contributed by atoms with Crippen LogP contribution in [0.4, 0.5) is 0 Å². The smallest absolute Gasteiger partial charge is 0.264 e. The highest BCUT2D eigenvalue weighted by atomic mass is 35.5. The first kappa shape index (κ1) is 23.2. The van der Waals surface area contributed by atoms with Gasteiger partial charge in [0.25, 0.3) is 10.1 Å². The Bertz CT molecular complexity index is 1020. The second-order valence-corrected chi connectivity index (χ2v) is 9.81. The molecule has 30 heavy (non-hydrogen) atoms. The summed E-state index contributed by atoms with van der Waals surface area (Å²) in [5.41, 5.74) is 0.582. The molecule has 0 aromatic heterocycles. The van der Waals surface area contributed by atoms with Crippen LogP contribution in [0.5, 0.6) is 0 Å². The lowest BCUT2D eigenvalue weighted by atomic mass is 9.68. The SMILES string of the molecule is CON1CC(C(=O)c2ccccc2)C(CCOS(C)(=O)=O)(c2ccc(Cl)c(Cl)c2)C1. The van der Waals surface area contributed by atoms with Crippen LogP contribution < -0.4 is 0 Å². The van der Waals surface area contributed by atoms with Crippen molar-refractivity contribution in [3.63, 3.8) is 0 Å². The van der Waals surface area contributed by atoms with Crippen LogP contribution >= 0.6 is 23.2 Å². The van der Waals surface area contributed by atoms with Crippen molar-refractivity contribution in [3.8, 4) is 0 Å². The molecular weight excluding hydrogens is 449 g/mol. The van der Waals surface area contributed by atoms with Crippen LogP contribution in [0.2, 0.25) is 10.0 Å². The number of benzene rings is 2. The molecule has 0 saturated carbocycles. The van der Waals surface area contributed by atoms with E-state index >= 15 is 0 Å². The number of hydrogen-bond donors (Lipinski definition) is 0. The fourth-order valence-electron chi connectivity index (χ4n) is 4.02. The van der Waals surface area contributed by atoms with Crippen LogP contribution in [0.25, 0.3) is 0 Å². The predicted molar refractivity (Wildman–Crippen MR) is 116 cm³/mol. The summed E-state index contributed by atoms with van der Waals surface area (Å²) in [5, 5.41) is 2.46. The van der Waals surface area contributed by atoms with Gasteiger partial charge in [0.1, 0.15) is 0 Å². The van der Waals surface area contributed by atoms with Gasteiger partial charge in [-0.1, -0.05) is 59.6 Å². The van der Waals surface area contributed by atoms with Crippen LogP contribution in [0.15, 0.2) is 48.5 Å². The van der Waals surface area contributed by atoms with E-state index < -0.39 is 21.5 Å². The minimum atomic E-state index is -3.63. The molecule has 1 heterocycles. The van der Waals surface area contributed by atoms with Gasteiger partial charge in [-0.25, -0.2) is 0 Å². The Labute approximate surface area is 186 Å². The number of Topliss-reactive ketones (excluding diaryl/α,β-unsaturated/α-hetero) is 1. The predicted octanol–water partition coefficient (Wildman–Crippen LogP) is 3.97. The van der Waals surface area contributed by atoms with Crippen LogP contribution in [0.1, 0.15) is 22.3 Å². The van der Waals surface area contributed by atoms with Gasteiger partial charge < -0.3 is 4.84 Å². The molecule has 1 aliphatic rings. The van der Waals surface area contributed by atoms with Crippen molar-refractivity contribution in [1.29, 1.82) is 0 Å². The third kappa shape index (κ3) is 5.04. The third-order valence-corrected chi connectivity index (χ3v) is 6.82. The fraction of sp³-hybridized carbons (Fsp3) is 0.381. The molecule has 9 heteroatoms. The van der Waals surface area contributed by atoms with E-state index in [2.05, 4.69) is 0 Å². The van der Waals surface area contributed by atoms with E-state index in [1.54, 1.807) is 36.4 Å². The van der Waals surface area contributed by atoms with E-state index in [0.717, 1.165) is 11.8 Å². The molecule has 0 bridgehead atoms. The molecule has 2 aromatic carbocycles. The number of ketones is 1. The Morgan fingerprint density at radius 1 is 1.17 bits per heavy atom. The quantitative estimate of drug-likeness (QED) is 0.428. The topological polar surface area (TPSA) is 72.9 Å². The van der Waals surface area contributed by atoms with E-state index in [1.165, 1.54) is 0 Å². The lowest BCUT2D eigenvalue weighted by Crippen LogP contribution is -2.40. The van der Waals surface area contributed by atoms with Gasteiger partial charge in [-0.15, -0.1) is 0 Å². The number of hydrogen-bond acceptors (Lipinski definition) is 6. The molecule has 0 aliphatic carbocycles. The van der Waals surface area contributed by atoms with Gasteiger partial charge in [-0.2, -0.15) is 13.5 Å².